The number of nitrogens with zero attached hydrogens (tertiary/aromatic N) is 3. The summed E-state index contributed by atoms with van der Waals surface area (Å²) in [6, 6.07) is 14.1. The zero-order valence-electron chi connectivity index (χ0n) is 21.7. The van der Waals surface area contributed by atoms with Crippen LogP contribution >= 0.6 is 0 Å². The van der Waals surface area contributed by atoms with E-state index in [1.165, 1.54) is 50.2 Å². The van der Waals surface area contributed by atoms with Crippen molar-refractivity contribution in [2.45, 2.75) is 35.1 Å². The van der Waals surface area contributed by atoms with Crippen LogP contribution in [0.4, 0.5) is 14.5 Å². The Morgan fingerprint density at radius 3 is 2.32 bits per heavy atom. The highest BCUT2D eigenvalue weighted by atomic mass is 32.2. The Bertz CT molecular complexity index is 1800. The molecule has 210 valence electrons. The number of carbonyl (C=O) groups is 1. The average molecular weight is 597 g/mol. The molecule has 4 rings (SSSR count). The number of aryl methyl sites for hydroxylation is 1. The number of anilines is 1. The van der Waals surface area contributed by atoms with Crippen LogP contribution in [0, 0.1) is 29.9 Å². The van der Waals surface area contributed by atoms with Gasteiger partial charge in [-0.1, -0.05) is 6.92 Å². The molecule has 4 aromatic rings. The van der Waals surface area contributed by atoms with E-state index in [0.29, 0.717) is 16.5 Å². The molecular formula is C28H22F2N4O5S2. The Morgan fingerprint density at radius 2 is 1.76 bits per heavy atom. The third kappa shape index (κ3) is 6.51. The first-order valence-electron chi connectivity index (χ1n) is 12.0. The molecule has 0 bridgehead atoms. The second-order valence-electron chi connectivity index (χ2n) is 8.81. The van der Waals surface area contributed by atoms with E-state index in [2.05, 4.69) is 9.97 Å². The lowest BCUT2D eigenvalue weighted by atomic mass is 10.1. The number of amides is 1. The Hall–Kier alpha value is -4.38. The highest BCUT2D eigenvalue weighted by Gasteiger charge is 2.27. The van der Waals surface area contributed by atoms with Crippen molar-refractivity contribution in [2.24, 2.45) is 0 Å². The fraction of sp³-hybridized carbons (Fsp3) is 0.143. The number of nitriles is 1. The maximum Gasteiger partial charge on any atom is 0.264 e. The Kier molecular flexibility index (Phi) is 8.67. The molecule has 0 fully saturated rings. The lowest BCUT2D eigenvalue weighted by Crippen LogP contribution is -2.35. The molecule has 0 spiro atoms. The van der Waals surface area contributed by atoms with Gasteiger partial charge in [-0.15, -0.1) is 0 Å². The number of aromatic nitrogens is 2. The van der Waals surface area contributed by atoms with Gasteiger partial charge in [0.1, 0.15) is 17.2 Å². The second kappa shape index (κ2) is 12.0. The molecule has 0 saturated heterocycles. The molecule has 1 unspecified atom stereocenters. The van der Waals surface area contributed by atoms with Gasteiger partial charge in [-0.25, -0.2) is 17.2 Å². The molecule has 2 heterocycles. The standard InChI is InChI=1S/C28H22F2N4O5S2/c1-3-41(38,39)24-9-6-21(32-15-24)16-34(22-11-19(29)10-20(30)12-22)28(36)25-13-26(17(2)33-27(25)35)40(37)23-7-4-18(14-31)5-8-23/h4-13,15H,3,16H2,1-2H3,(H,33,35). The van der Waals surface area contributed by atoms with Crippen molar-refractivity contribution in [1.82, 2.24) is 9.97 Å². The van der Waals surface area contributed by atoms with Gasteiger partial charge < -0.3 is 14.4 Å². The lowest BCUT2D eigenvalue weighted by molar-refractivity contribution is 0.0983. The molecule has 1 amide bonds. The predicted molar refractivity (Wildman–Crippen MR) is 146 cm³/mol. The van der Waals surface area contributed by atoms with Crippen molar-refractivity contribution in [3.63, 3.8) is 0 Å². The summed E-state index contributed by atoms with van der Waals surface area (Å²) in [4.78, 5) is 34.6. The van der Waals surface area contributed by atoms with E-state index in [0.717, 1.165) is 29.3 Å². The Labute approximate surface area is 237 Å². The van der Waals surface area contributed by atoms with Gasteiger partial charge in [-0.2, -0.15) is 5.26 Å². The summed E-state index contributed by atoms with van der Waals surface area (Å²) in [5.41, 5.74) is -0.759. The van der Waals surface area contributed by atoms with Crippen molar-refractivity contribution in [3.8, 4) is 6.07 Å². The lowest BCUT2D eigenvalue weighted by Gasteiger charge is -2.23. The van der Waals surface area contributed by atoms with E-state index in [9.17, 15) is 31.3 Å². The van der Waals surface area contributed by atoms with Gasteiger partial charge in [-0.3, -0.25) is 14.6 Å². The molecule has 0 aliphatic heterocycles. The quantitative estimate of drug-likeness (QED) is 0.302. The van der Waals surface area contributed by atoms with Gasteiger partial charge in [-0.05, 0) is 55.5 Å². The summed E-state index contributed by atoms with van der Waals surface area (Å²) >= 11 is -1.86. The first-order valence-corrected chi connectivity index (χ1v) is 14.8. The van der Waals surface area contributed by atoms with E-state index >= 15 is 0 Å². The Balaban J connectivity index is 1.77. The van der Waals surface area contributed by atoms with Crippen molar-refractivity contribution in [3.05, 3.63) is 111 Å². The zero-order valence-corrected chi connectivity index (χ0v) is 23.4. The third-order valence-corrected chi connectivity index (χ3v) is 9.32. The molecule has 0 aliphatic carbocycles. The van der Waals surface area contributed by atoms with Crippen LogP contribution in [0.5, 0.6) is 0 Å². The molecule has 0 radical (unpaired) electrons. The highest BCUT2D eigenvalue weighted by molar-refractivity contribution is 7.91. The monoisotopic (exact) mass is 596 g/mol. The molecule has 41 heavy (non-hydrogen) atoms. The van der Waals surface area contributed by atoms with Crippen LogP contribution in [0.3, 0.4) is 0 Å². The highest BCUT2D eigenvalue weighted by Crippen LogP contribution is 2.26. The average Bonchev–Trinajstić information content (AvgIpc) is 2.95. The minimum Gasteiger partial charge on any atom is -0.606 e. The fourth-order valence-electron chi connectivity index (χ4n) is 3.87. The van der Waals surface area contributed by atoms with Gasteiger partial charge >= 0.3 is 0 Å². The summed E-state index contributed by atoms with van der Waals surface area (Å²) in [6.45, 7) is 2.60. The number of sulfone groups is 1. The maximum absolute atomic E-state index is 14.2. The molecule has 2 aromatic heterocycles. The molecule has 1 N–H and O–H groups in total. The van der Waals surface area contributed by atoms with E-state index in [4.69, 9.17) is 5.26 Å². The normalized spacial score (nSPS) is 12.0. The minimum absolute atomic E-state index is 0.0386. The van der Waals surface area contributed by atoms with E-state index in [1.54, 1.807) is 0 Å². The molecule has 9 nitrogen and oxygen atoms in total. The van der Waals surface area contributed by atoms with Crippen molar-refractivity contribution in [2.75, 3.05) is 10.7 Å². The number of hydrogen-bond donors (Lipinski definition) is 1. The summed E-state index contributed by atoms with van der Waals surface area (Å²) < 4.78 is 66.0. The number of halogens is 2. The number of nitrogens with one attached hydrogen (secondary N) is 1. The van der Waals surface area contributed by atoms with Crippen LogP contribution in [0.1, 0.15) is 34.2 Å². The number of rotatable bonds is 8. The first-order chi connectivity index (χ1) is 19.4. The third-order valence-electron chi connectivity index (χ3n) is 6.08. The number of hydrogen-bond acceptors (Lipinski definition) is 7. The number of carbonyl (C=O) groups excluding carboxylic acids is 1. The largest absolute Gasteiger partial charge is 0.606 e. The summed E-state index contributed by atoms with van der Waals surface area (Å²) in [5.74, 6) is -3.07. The SMILES string of the molecule is CCS(=O)(=O)c1ccc(CN(C(=O)c2cc([S+]([O-])c3ccc(C#N)cc3)c(C)[nH]c2=O)c2cc(F)cc(F)c2)nc1. The van der Waals surface area contributed by atoms with Gasteiger partial charge in [0, 0.05) is 29.5 Å². The second-order valence-corrected chi connectivity index (χ2v) is 12.5. The number of benzene rings is 2. The summed E-state index contributed by atoms with van der Waals surface area (Å²) in [5, 5.41) is 9.02. The molecule has 0 aliphatic rings. The van der Waals surface area contributed by atoms with Crippen LogP contribution in [-0.4, -0.2) is 34.6 Å². The minimum atomic E-state index is -3.55. The number of pyridine rings is 2. The smallest absolute Gasteiger partial charge is 0.264 e. The van der Waals surface area contributed by atoms with Crippen LogP contribution in [0.15, 0.2) is 86.3 Å². The van der Waals surface area contributed by atoms with E-state index in [1.807, 2.05) is 6.07 Å². The van der Waals surface area contributed by atoms with Crippen molar-refractivity contribution >= 4 is 32.6 Å². The van der Waals surface area contributed by atoms with Crippen molar-refractivity contribution < 1.29 is 26.5 Å². The van der Waals surface area contributed by atoms with E-state index in [-0.39, 0.29) is 39.2 Å². The zero-order chi connectivity index (χ0) is 29.9. The molecule has 0 saturated carbocycles. The van der Waals surface area contributed by atoms with Gasteiger partial charge in [0.15, 0.2) is 19.6 Å². The summed E-state index contributed by atoms with van der Waals surface area (Å²) in [7, 11) is -3.55. The van der Waals surface area contributed by atoms with Gasteiger partial charge in [0.05, 0.1) is 45.9 Å². The van der Waals surface area contributed by atoms with Gasteiger partial charge in [0.25, 0.3) is 11.5 Å². The molecule has 2 aromatic carbocycles. The van der Waals surface area contributed by atoms with Crippen LogP contribution in [-0.2, 0) is 27.6 Å². The first kappa shape index (κ1) is 29.6. The van der Waals surface area contributed by atoms with Crippen LogP contribution < -0.4 is 10.5 Å². The van der Waals surface area contributed by atoms with Crippen molar-refractivity contribution in [1.29, 1.82) is 5.26 Å². The topological polar surface area (TPSA) is 147 Å². The maximum atomic E-state index is 14.2. The van der Waals surface area contributed by atoms with Gasteiger partial charge in [0.2, 0.25) is 0 Å². The summed E-state index contributed by atoms with van der Waals surface area (Å²) in [6.07, 6.45) is 1.11. The molecule has 13 heteroatoms. The Morgan fingerprint density at radius 1 is 1.10 bits per heavy atom. The fourth-order valence-corrected chi connectivity index (χ4v) is 5.89. The number of aromatic amines is 1. The van der Waals surface area contributed by atoms with E-state index < -0.39 is 49.7 Å². The van der Waals surface area contributed by atoms with Crippen LogP contribution in [0.25, 0.3) is 0 Å². The molecule has 1 atom stereocenters. The van der Waals surface area contributed by atoms with Crippen LogP contribution in [0.2, 0.25) is 0 Å². The molecular weight excluding hydrogens is 574 g/mol. The predicted octanol–water partition coefficient (Wildman–Crippen LogP) is 4.04. The number of H-pyrrole nitrogens is 1.